The van der Waals surface area contributed by atoms with Crippen molar-refractivity contribution in [1.82, 2.24) is 14.9 Å². The quantitative estimate of drug-likeness (QED) is 0.875. The Hall–Kier alpha value is -2.71. The van der Waals surface area contributed by atoms with Crippen LogP contribution in [0.15, 0.2) is 36.7 Å². The largest absolute Gasteiger partial charge is 0.378 e. The number of nitrogens with one attached hydrogen (secondary N) is 1. The van der Waals surface area contributed by atoms with E-state index in [0.717, 1.165) is 37.7 Å². The van der Waals surface area contributed by atoms with Gasteiger partial charge in [0.1, 0.15) is 17.8 Å². The molecule has 1 amide bonds. The first kappa shape index (κ1) is 17.7. The highest BCUT2D eigenvalue weighted by atomic mass is 16.5. The van der Waals surface area contributed by atoms with Crippen molar-refractivity contribution in [2.75, 3.05) is 62.8 Å². The zero-order chi connectivity index (χ0) is 18.5. The fraction of sp³-hybridized carbons (Fsp3) is 0.421. The van der Waals surface area contributed by atoms with Gasteiger partial charge in [-0.05, 0) is 12.1 Å². The Morgan fingerprint density at radius 2 is 1.67 bits per heavy atom. The standard InChI is InChI=1S/C19H23N5O3/c25-19(24-7-11-27-12-8-24)16-13-18(21-14-20-16)22-15-3-1-2-4-17(15)23-5-9-26-10-6-23/h1-4,13-14H,5-12H2,(H,20,21,22). The van der Waals surface area contributed by atoms with Crippen LogP contribution >= 0.6 is 0 Å². The number of ether oxygens (including phenoxy) is 2. The molecule has 1 aromatic carbocycles. The molecule has 0 atom stereocenters. The van der Waals surface area contributed by atoms with E-state index >= 15 is 0 Å². The van der Waals surface area contributed by atoms with Crippen molar-refractivity contribution in [3.8, 4) is 0 Å². The summed E-state index contributed by atoms with van der Waals surface area (Å²) in [6.45, 7) is 5.45. The number of hydrogen-bond donors (Lipinski definition) is 1. The zero-order valence-electron chi connectivity index (χ0n) is 15.1. The predicted octanol–water partition coefficient (Wildman–Crippen LogP) is 1.53. The number of aromatic nitrogens is 2. The highest BCUT2D eigenvalue weighted by molar-refractivity contribution is 5.93. The lowest BCUT2D eigenvalue weighted by atomic mass is 10.2. The molecule has 0 unspecified atom stereocenters. The van der Waals surface area contributed by atoms with Crippen LogP contribution in [0.2, 0.25) is 0 Å². The molecule has 2 aliphatic heterocycles. The average Bonchev–Trinajstić information content (AvgIpc) is 2.75. The van der Waals surface area contributed by atoms with Gasteiger partial charge in [0.05, 0.1) is 37.8 Å². The minimum absolute atomic E-state index is 0.0924. The van der Waals surface area contributed by atoms with Gasteiger partial charge in [0, 0.05) is 32.2 Å². The number of amides is 1. The summed E-state index contributed by atoms with van der Waals surface area (Å²) in [5, 5.41) is 3.34. The van der Waals surface area contributed by atoms with Gasteiger partial charge in [-0.3, -0.25) is 4.79 Å². The van der Waals surface area contributed by atoms with Crippen molar-refractivity contribution in [3.05, 3.63) is 42.4 Å². The highest BCUT2D eigenvalue weighted by Gasteiger charge is 2.20. The molecule has 0 bridgehead atoms. The lowest BCUT2D eigenvalue weighted by Gasteiger charge is -2.30. The van der Waals surface area contributed by atoms with E-state index in [4.69, 9.17) is 9.47 Å². The second-order valence-electron chi connectivity index (χ2n) is 6.43. The van der Waals surface area contributed by atoms with Crippen LogP contribution in [0.3, 0.4) is 0 Å². The molecule has 2 aromatic rings. The molecular formula is C19H23N5O3. The van der Waals surface area contributed by atoms with Gasteiger partial charge in [-0.2, -0.15) is 0 Å². The van der Waals surface area contributed by atoms with Gasteiger partial charge in [0.25, 0.3) is 5.91 Å². The topological polar surface area (TPSA) is 79.8 Å². The summed E-state index contributed by atoms with van der Waals surface area (Å²) in [5.41, 5.74) is 2.43. The van der Waals surface area contributed by atoms with Crippen molar-refractivity contribution in [3.63, 3.8) is 0 Å². The van der Waals surface area contributed by atoms with Crippen LogP contribution in [0.1, 0.15) is 10.5 Å². The third kappa shape index (κ3) is 4.17. The van der Waals surface area contributed by atoms with E-state index in [2.05, 4.69) is 26.3 Å². The van der Waals surface area contributed by atoms with Gasteiger partial charge in [0.2, 0.25) is 0 Å². The minimum Gasteiger partial charge on any atom is -0.378 e. The Kier molecular flexibility index (Phi) is 5.45. The third-order valence-corrected chi connectivity index (χ3v) is 4.70. The van der Waals surface area contributed by atoms with Crippen molar-refractivity contribution >= 4 is 23.1 Å². The Balaban J connectivity index is 1.52. The van der Waals surface area contributed by atoms with Gasteiger partial charge < -0.3 is 24.6 Å². The van der Waals surface area contributed by atoms with Gasteiger partial charge in [-0.15, -0.1) is 0 Å². The zero-order valence-corrected chi connectivity index (χ0v) is 15.1. The lowest BCUT2D eigenvalue weighted by Crippen LogP contribution is -2.41. The molecule has 8 nitrogen and oxygen atoms in total. The first-order valence-corrected chi connectivity index (χ1v) is 9.19. The first-order chi connectivity index (χ1) is 13.3. The van der Waals surface area contributed by atoms with Gasteiger partial charge in [-0.1, -0.05) is 12.1 Å². The molecule has 2 aliphatic rings. The summed E-state index contributed by atoms with van der Waals surface area (Å²) in [4.78, 5) is 25.1. The van der Waals surface area contributed by atoms with E-state index in [1.165, 1.54) is 6.33 Å². The molecule has 27 heavy (non-hydrogen) atoms. The molecule has 1 aromatic heterocycles. The maximum Gasteiger partial charge on any atom is 0.272 e. The Morgan fingerprint density at radius 1 is 0.963 bits per heavy atom. The van der Waals surface area contributed by atoms with Crippen LogP contribution in [0.5, 0.6) is 0 Å². The highest BCUT2D eigenvalue weighted by Crippen LogP contribution is 2.28. The molecule has 1 N–H and O–H groups in total. The second kappa shape index (κ2) is 8.32. The molecule has 0 radical (unpaired) electrons. The van der Waals surface area contributed by atoms with Crippen molar-refractivity contribution in [2.24, 2.45) is 0 Å². The average molecular weight is 369 g/mol. The van der Waals surface area contributed by atoms with Gasteiger partial charge in [0.15, 0.2) is 0 Å². The van der Waals surface area contributed by atoms with E-state index in [1.54, 1.807) is 11.0 Å². The summed E-state index contributed by atoms with van der Waals surface area (Å²) < 4.78 is 10.8. The molecule has 0 saturated carbocycles. The van der Waals surface area contributed by atoms with E-state index < -0.39 is 0 Å². The summed E-state index contributed by atoms with van der Waals surface area (Å²) in [7, 11) is 0. The van der Waals surface area contributed by atoms with E-state index in [0.29, 0.717) is 37.8 Å². The number of para-hydroxylation sites is 2. The molecule has 4 rings (SSSR count). The molecular weight excluding hydrogens is 346 g/mol. The Labute approximate surface area is 158 Å². The number of carbonyl (C=O) groups is 1. The smallest absolute Gasteiger partial charge is 0.272 e. The SMILES string of the molecule is O=C(c1cc(Nc2ccccc2N2CCOCC2)ncn1)N1CCOCC1. The minimum atomic E-state index is -0.0924. The first-order valence-electron chi connectivity index (χ1n) is 9.19. The summed E-state index contributed by atoms with van der Waals surface area (Å²) in [6.07, 6.45) is 1.42. The number of rotatable bonds is 4. The van der Waals surface area contributed by atoms with Crippen molar-refractivity contribution < 1.29 is 14.3 Å². The molecule has 142 valence electrons. The molecule has 3 heterocycles. The Morgan fingerprint density at radius 3 is 2.44 bits per heavy atom. The number of morpholine rings is 2. The van der Waals surface area contributed by atoms with E-state index in [9.17, 15) is 4.79 Å². The van der Waals surface area contributed by atoms with E-state index in [-0.39, 0.29) is 5.91 Å². The predicted molar refractivity (Wildman–Crippen MR) is 102 cm³/mol. The van der Waals surface area contributed by atoms with Crippen LogP contribution in [0.25, 0.3) is 0 Å². The van der Waals surface area contributed by atoms with Crippen LogP contribution in [-0.2, 0) is 9.47 Å². The van der Waals surface area contributed by atoms with Crippen LogP contribution in [0.4, 0.5) is 17.2 Å². The molecule has 2 fully saturated rings. The third-order valence-electron chi connectivity index (χ3n) is 4.70. The summed E-state index contributed by atoms with van der Waals surface area (Å²) >= 11 is 0. The van der Waals surface area contributed by atoms with Crippen molar-refractivity contribution in [1.29, 1.82) is 0 Å². The number of nitrogens with zero attached hydrogens (tertiary/aromatic N) is 4. The monoisotopic (exact) mass is 369 g/mol. The number of carbonyl (C=O) groups excluding carboxylic acids is 1. The maximum absolute atomic E-state index is 12.6. The van der Waals surface area contributed by atoms with Gasteiger partial charge >= 0.3 is 0 Å². The van der Waals surface area contributed by atoms with E-state index in [1.807, 2.05) is 18.2 Å². The molecule has 2 saturated heterocycles. The molecule has 0 aliphatic carbocycles. The van der Waals surface area contributed by atoms with Gasteiger partial charge in [-0.25, -0.2) is 9.97 Å². The van der Waals surface area contributed by atoms with Crippen LogP contribution in [0, 0.1) is 0 Å². The summed E-state index contributed by atoms with van der Waals surface area (Å²) in [6, 6.07) is 9.79. The fourth-order valence-corrected chi connectivity index (χ4v) is 3.27. The second-order valence-corrected chi connectivity index (χ2v) is 6.43. The lowest BCUT2D eigenvalue weighted by molar-refractivity contribution is 0.0299. The number of hydrogen-bond acceptors (Lipinski definition) is 7. The van der Waals surface area contributed by atoms with Crippen LogP contribution < -0.4 is 10.2 Å². The fourth-order valence-electron chi connectivity index (χ4n) is 3.27. The molecule has 0 spiro atoms. The molecule has 8 heteroatoms. The number of anilines is 3. The van der Waals surface area contributed by atoms with Crippen molar-refractivity contribution in [2.45, 2.75) is 0 Å². The number of benzene rings is 1. The normalized spacial score (nSPS) is 17.6. The van der Waals surface area contributed by atoms with Crippen LogP contribution in [-0.4, -0.2) is 73.4 Å². The Bertz CT molecular complexity index is 788. The maximum atomic E-state index is 12.6. The summed E-state index contributed by atoms with van der Waals surface area (Å²) in [5.74, 6) is 0.507.